The van der Waals surface area contributed by atoms with Crippen molar-refractivity contribution in [2.45, 2.75) is 96.6 Å². The van der Waals surface area contributed by atoms with E-state index in [0.29, 0.717) is 69.2 Å². The summed E-state index contributed by atoms with van der Waals surface area (Å²) in [6, 6.07) is 5.05. The third kappa shape index (κ3) is 6.60. The molecule has 2 saturated carbocycles. The number of nitrogens with one attached hydrogen (secondary N) is 1. The van der Waals surface area contributed by atoms with Gasteiger partial charge in [0.15, 0.2) is 0 Å². The third-order valence-electron chi connectivity index (χ3n) is 11.1. The van der Waals surface area contributed by atoms with Gasteiger partial charge in [0.2, 0.25) is 11.8 Å². The van der Waals surface area contributed by atoms with Crippen LogP contribution in [-0.2, 0) is 26.3 Å². The SMILES string of the molecule is CCC(=O)N[C@@H](CC(C)C)C(=O)N1CCN(C[C@]2(O)CC[C@H]3[C@@H]4CCc5cc(OS(N)(=O)=O)ccc5[C@H]4CC[C@@]32C)CC1. The number of carbonyl (C=O) groups is 2. The summed E-state index contributed by atoms with van der Waals surface area (Å²) < 4.78 is 27.8. The van der Waals surface area contributed by atoms with Crippen LogP contribution < -0.4 is 14.6 Å². The lowest BCUT2D eigenvalue weighted by molar-refractivity contribution is -0.141. The minimum Gasteiger partial charge on any atom is -0.388 e. The first-order valence-corrected chi connectivity index (χ1v) is 17.6. The van der Waals surface area contributed by atoms with Gasteiger partial charge in [0.1, 0.15) is 11.8 Å². The molecule has 3 aliphatic carbocycles. The number of hydrogen-bond donors (Lipinski definition) is 3. The fraction of sp³-hybridized carbons (Fsp3) is 0.750. The molecule has 3 fully saturated rings. The van der Waals surface area contributed by atoms with Gasteiger partial charge in [-0.1, -0.05) is 33.8 Å². The Kier molecular flexibility index (Phi) is 9.20. The number of benzene rings is 1. The van der Waals surface area contributed by atoms with Gasteiger partial charge in [-0.2, -0.15) is 13.6 Å². The van der Waals surface area contributed by atoms with Gasteiger partial charge in [0.25, 0.3) is 0 Å². The van der Waals surface area contributed by atoms with Crippen molar-refractivity contribution in [2.75, 3.05) is 32.7 Å². The summed E-state index contributed by atoms with van der Waals surface area (Å²) in [5.74, 6) is 1.77. The van der Waals surface area contributed by atoms with Crippen LogP contribution in [0.1, 0.15) is 89.7 Å². The number of hydrogen-bond acceptors (Lipinski definition) is 7. The quantitative estimate of drug-likeness (QED) is 0.386. The van der Waals surface area contributed by atoms with Gasteiger partial charge in [-0.3, -0.25) is 14.5 Å². The second-order valence-electron chi connectivity index (χ2n) is 14.1. The number of nitrogens with two attached hydrogens (primary N) is 1. The molecule has 4 N–H and O–H groups in total. The molecule has 1 aromatic carbocycles. The molecule has 1 saturated heterocycles. The number of nitrogens with zero attached hydrogens (tertiary/aromatic N) is 2. The van der Waals surface area contributed by atoms with Crippen LogP contribution in [0.4, 0.5) is 0 Å². The molecule has 0 bridgehead atoms. The molecule has 240 valence electrons. The van der Waals surface area contributed by atoms with Crippen molar-refractivity contribution in [1.29, 1.82) is 0 Å². The number of piperazine rings is 1. The summed E-state index contributed by atoms with van der Waals surface area (Å²) in [5, 5.41) is 20.3. The topological polar surface area (TPSA) is 142 Å². The summed E-state index contributed by atoms with van der Waals surface area (Å²) in [6.45, 7) is 11.5. The van der Waals surface area contributed by atoms with Gasteiger partial charge in [0, 0.05) is 44.6 Å². The summed E-state index contributed by atoms with van der Waals surface area (Å²) in [7, 11) is -4.06. The molecule has 6 atom stereocenters. The Morgan fingerprint density at radius 1 is 1.14 bits per heavy atom. The van der Waals surface area contributed by atoms with E-state index in [1.807, 2.05) is 17.0 Å². The molecule has 1 aliphatic heterocycles. The average molecular weight is 619 g/mol. The van der Waals surface area contributed by atoms with Crippen LogP contribution in [0.3, 0.4) is 0 Å². The van der Waals surface area contributed by atoms with Gasteiger partial charge in [-0.25, -0.2) is 0 Å². The first-order chi connectivity index (χ1) is 20.2. The normalized spacial score (nSPS) is 31.6. The summed E-state index contributed by atoms with van der Waals surface area (Å²) in [6.07, 6.45) is 6.57. The maximum atomic E-state index is 13.3. The lowest BCUT2D eigenvalue weighted by Crippen LogP contribution is -2.60. The van der Waals surface area contributed by atoms with E-state index in [1.54, 1.807) is 13.0 Å². The smallest absolute Gasteiger partial charge is 0.380 e. The van der Waals surface area contributed by atoms with E-state index in [-0.39, 0.29) is 23.0 Å². The van der Waals surface area contributed by atoms with E-state index in [0.717, 1.165) is 44.1 Å². The number of β-amino-alcohol motifs (C(OH)–C–C–N with tert-alkyl or cyclic N) is 1. The zero-order valence-corrected chi connectivity index (χ0v) is 27.0. The fourth-order valence-electron chi connectivity index (χ4n) is 8.82. The van der Waals surface area contributed by atoms with Gasteiger partial charge >= 0.3 is 10.3 Å². The van der Waals surface area contributed by atoms with Crippen LogP contribution in [0, 0.1) is 23.2 Å². The first-order valence-electron chi connectivity index (χ1n) is 16.1. The Morgan fingerprint density at radius 3 is 2.51 bits per heavy atom. The van der Waals surface area contributed by atoms with Crippen molar-refractivity contribution < 1.29 is 27.3 Å². The van der Waals surface area contributed by atoms with E-state index in [4.69, 9.17) is 9.32 Å². The van der Waals surface area contributed by atoms with Crippen LogP contribution in [-0.4, -0.2) is 79.5 Å². The Morgan fingerprint density at radius 2 is 1.86 bits per heavy atom. The largest absolute Gasteiger partial charge is 0.388 e. The lowest BCUT2D eigenvalue weighted by atomic mass is 9.53. The highest BCUT2D eigenvalue weighted by molar-refractivity contribution is 7.84. The molecule has 10 nitrogen and oxygen atoms in total. The number of aliphatic hydroxyl groups is 1. The molecule has 1 aromatic rings. The molecule has 5 rings (SSSR count). The van der Waals surface area contributed by atoms with Crippen molar-refractivity contribution in [3.8, 4) is 5.75 Å². The van der Waals surface area contributed by atoms with Crippen LogP contribution in [0.5, 0.6) is 5.75 Å². The monoisotopic (exact) mass is 618 g/mol. The van der Waals surface area contributed by atoms with E-state index in [1.165, 1.54) is 5.56 Å². The van der Waals surface area contributed by atoms with E-state index >= 15 is 0 Å². The van der Waals surface area contributed by atoms with Gasteiger partial charge in [-0.15, -0.1) is 0 Å². The highest BCUT2D eigenvalue weighted by atomic mass is 32.2. The molecule has 43 heavy (non-hydrogen) atoms. The molecule has 0 unspecified atom stereocenters. The number of rotatable bonds is 9. The predicted octanol–water partition coefficient (Wildman–Crippen LogP) is 2.94. The standard InChI is InChI=1S/C32H50N4O6S/c1-5-29(37)34-28(18-21(2)3)30(38)36-16-14-35(15-17-36)20-32(39)13-11-27-26-8-6-22-19-23(42-43(33,40)41)7-9-24(22)25(26)10-12-31(27,32)4/h7,9,19,21,25-28,39H,5-6,8,10-18,20H2,1-4H3,(H,34,37)(H2,33,40,41)/t25-,26-,27+,28+,31+,32-/m1/s1. The minimum atomic E-state index is -4.06. The van der Waals surface area contributed by atoms with E-state index < -0.39 is 21.9 Å². The molecule has 1 heterocycles. The molecule has 11 heteroatoms. The van der Waals surface area contributed by atoms with Crippen LogP contribution in [0.25, 0.3) is 0 Å². The molecule has 4 aliphatic rings. The number of fused-ring (bicyclic) bond motifs is 5. The Bertz CT molecular complexity index is 1310. The number of aryl methyl sites for hydroxylation is 1. The second kappa shape index (κ2) is 12.3. The number of carbonyl (C=O) groups excluding carboxylic acids is 2. The Hall–Kier alpha value is -2.21. The van der Waals surface area contributed by atoms with Gasteiger partial charge < -0.3 is 19.5 Å². The van der Waals surface area contributed by atoms with Crippen LogP contribution in [0.2, 0.25) is 0 Å². The summed E-state index contributed by atoms with van der Waals surface area (Å²) in [5.41, 5.74) is 1.46. The van der Waals surface area contributed by atoms with E-state index in [9.17, 15) is 23.1 Å². The first kappa shape index (κ1) is 32.2. The summed E-state index contributed by atoms with van der Waals surface area (Å²) >= 11 is 0. The van der Waals surface area contributed by atoms with Crippen molar-refractivity contribution in [3.63, 3.8) is 0 Å². The number of amides is 2. The molecule has 2 amide bonds. The predicted molar refractivity (Wildman–Crippen MR) is 164 cm³/mol. The van der Waals surface area contributed by atoms with Crippen LogP contribution in [0.15, 0.2) is 18.2 Å². The summed E-state index contributed by atoms with van der Waals surface area (Å²) in [4.78, 5) is 29.6. The Balaban J connectivity index is 1.22. The maximum absolute atomic E-state index is 13.3. The fourth-order valence-corrected chi connectivity index (χ4v) is 9.19. The van der Waals surface area contributed by atoms with Crippen molar-refractivity contribution in [2.24, 2.45) is 28.3 Å². The molecule has 0 spiro atoms. The van der Waals surface area contributed by atoms with Gasteiger partial charge in [-0.05, 0) is 91.9 Å². The van der Waals surface area contributed by atoms with E-state index in [2.05, 4.69) is 31.0 Å². The van der Waals surface area contributed by atoms with Crippen molar-refractivity contribution in [3.05, 3.63) is 29.3 Å². The van der Waals surface area contributed by atoms with Crippen molar-refractivity contribution >= 4 is 22.1 Å². The molecular weight excluding hydrogens is 568 g/mol. The van der Waals surface area contributed by atoms with Gasteiger partial charge in [0.05, 0.1) is 5.60 Å². The maximum Gasteiger partial charge on any atom is 0.380 e. The second-order valence-corrected chi connectivity index (χ2v) is 15.2. The highest BCUT2D eigenvalue weighted by Crippen LogP contribution is 2.64. The third-order valence-corrected chi connectivity index (χ3v) is 11.5. The zero-order valence-electron chi connectivity index (χ0n) is 26.2. The zero-order chi connectivity index (χ0) is 31.2. The molecular formula is C32H50N4O6S. The average Bonchev–Trinajstić information content (AvgIpc) is 3.21. The van der Waals surface area contributed by atoms with Crippen LogP contribution >= 0.6 is 0 Å². The highest BCUT2D eigenvalue weighted by Gasteiger charge is 2.61. The molecule has 0 radical (unpaired) electrons. The molecule has 0 aromatic heterocycles. The Labute approximate surface area is 257 Å². The van der Waals surface area contributed by atoms with Crippen molar-refractivity contribution in [1.82, 2.24) is 15.1 Å². The minimum absolute atomic E-state index is 0.000918. The lowest BCUT2D eigenvalue weighted by Gasteiger charge is -2.54.